The molecule has 5 N–H and O–H groups in total. The van der Waals surface area contributed by atoms with Crippen LogP contribution < -0.4 is 16.4 Å². The molecule has 1 aromatic carbocycles. The molecule has 0 fully saturated rings. The van der Waals surface area contributed by atoms with Crippen LogP contribution in [0.5, 0.6) is 0 Å². The maximum atomic E-state index is 11.5. The molecule has 0 bridgehead atoms. The fourth-order valence-electron chi connectivity index (χ4n) is 1.66. The van der Waals surface area contributed by atoms with E-state index >= 15 is 0 Å². The van der Waals surface area contributed by atoms with E-state index in [2.05, 4.69) is 5.32 Å². The van der Waals surface area contributed by atoms with Crippen LogP contribution in [0.15, 0.2) is 24.3 Å². The van der Waals surface area contributed by atoms with E-state index in [1.165, 1.54) is 0 Å². The number of rotatable bonds is 4. The molecule has 0 unspecified atom stereocenters. The van der Waals surface area contributed by atoms with Gasteiger partial charge in [-0.25, -0.2) is 4.79 Å². The lowest BCUT2D eigenvalue weighted by molar-refractivity contribution is -0.710. The molecule has 0 aromatic heterocycles. The Bertz CT molecular complexity index is 451. The molecule has 0 aliphatic rings. The number of imide groups is 1. The molecule has 1 rings (SSSR count). The Hall–Kier alpha value is -1.59. The Morgan fingerprint density at radius 2 is 2.06 bits per heavy atom. The van der Waals surface area contributed by atoms with Gasteiger partial charge in [-0.2, -0.15) is 0 Å². The zero-order valence-corrected chi connectivity index (χ0v) is 11.1. The number of primary amides is 1. The number of carbonyl (C=O) groups is 2. The van der Waals surface area contributed by atoms with Gasteiger partial charge in [0.25, 0.3) is 5.91 Å². The van der Waals surface area contributed by atoms with E-state index in [1.807, 2.05) is 30.4 Å². The molecule has 0 saturated heterocycles. The highest BCUT2D eigenvalue weighted by Crippen LogP contribution is 2.14. The van der Waals surface area contributed by atoms with Gasteiger partial charge >= 0.3 is 6.03 Å². The number of hydrogen-bond donors (Lipinski definition) is 3. The van der Waals surface area contributed by atoms with Crippen LogP contribution >= 0.6 is 11.6 Å². The largest absolute Gasteiger partial charge is 0.351 e. The molecule has 6 heteroatoms. The molecule has 18 heavy (non-hydrogen) atoms. The van der Waals surface area contributed by atoms with Crippen LogP contribution in [0.2, 0.25) is 5.02 Å². The summed E-state index contributed by atoms with van der Waals surface area (Å²) in [6.07, 6.45) is 0. The number of carbonyl (C=O) groups excluding carboxylic acids is 2. The van der Waals surface area contributed by atoms with Crippen LogP contribution in [-0.2, 0) is 4.79 Å². The number of amides is 3. The minimum atomic E-state index is -0.837. The quantitative estimate of drug-likeness (QED) is 0.746. The number of quaternary nitrogens is 1. The zero-order valence-electron chi connectivity index (χ0n) is 10.3. The molecule has 3 amide bonds. The summed E-state index contributed by atoms with van der Waals surface area (Å²) in [7, 11) is 0. The van der Waals surface area contributed by atoms with Crippen LogP contribution in [0.3, 0.4) is 0 Å². The van der Waals surface area contributed by atoms with Gasteiger partial charge in [0.05, 0.1) is 0 Å². The molecule has 2 atom stereocenters. The highest BCUT2D eigenvalue weighted by atomic mass is 35.5. The van der Waals surface area contributed by atoms with Gasteiger partial charge in [0.15, 0.2) is 6.04 Å². The minimum absolute atomic E-state index is 0.0531. The first-order valence-corrected chi connectivity index (χ1v) is 5.98. The van der Waals surface area contributed by atoms with E-state index in [0.29, 0.717) is 5.02 Å². The molecule has 0 heterocycles. The third-order valence-electron chi connectivity index (χ3n) is 2.61. The molecule has 0 radical (unpaired) electrons. The predicted octanol–water partition coefficient (Wildman–Crippen LogP) is 0.548. The Balaban J connectivity index is 2.61. The number of halogens is 1. The fourth-order valence-corrected chi connectivity index (χ4v) is 1.86. The molecule has 0 spiro atoms. The first-order chi connectivity index (χ1) is 8.40. The van der Waals surface area contributed by atoms with Crippen molar-refractivity contribution in [3.8, 4) is 0 Å². The smallest absolute Gasteiger partial charge is 0.319 e. The number of hydrogen-bond acceptors (Lipinski definition) is 2. The summed E-state index contributed by atoms with van der Waals surface area (Å²) >= 11 is 5.90. The maximum Gasteiger partial charge on any atom is 0.319 e. The van der Waals surface area contributed by atoms with Gasteiger partial charge in [0.2, 0.25) is 0 Å². The first-order valence-electron chi connectivity index (χ1n) is 5.61. The van der Waals surface area contributed by atoms with Crippen molar-refractivity contribution < 1.29 is 14.9 Å². The SMILES string of the molecule is C[C@H]([NH2+][C@@H](C)c1cccc(Cl)c1)C(=O)NC(N)=O. The third kappa shape index (κ3) is 4.35. The molecule has 5 nitrogen and oxygen atoms in total. The van der Waals surface area contributed by atoms with Gasteiger partial charge < -0.3 is 11.1 Å². The average Bonchev–Trinajstić information content (AvgIpc) is 2.27. The molecule has 1 aromatic rings. The third-order valence-corrected chi connectivity index (χ3v) is 2.85. The van der Waals surface area contributed by atoms with Crippen molar-refractivity contribution in [1.29, 1.82) is 0 Å². The van der Waals surface area contributed by atoms with E-state index in [0.717, 1.165) is 5.56 Å². The number of urea groups is 1. The van der Waals surface area contributed by atoms with Crippen LogP contribution in [0.1, 0.15) is 25.5 Å². The Morgan fingerprint density at radius 3 is 2.61 bits per heavy atom. The van der Waals surface area contributed by atoms with Crippen molar-refractivity contribution in [3.63, 3.8) is 0 Å². The summed E-state index contributed by atoms with van der Waals surface area (Å²) < 4.78 is 0. The maximum absolute atomic E-state index is 11.5. The van der Waals surface area contributed by atoms with Crippen molar-refractivity contribution in [1.82, 2.24) is 5.32 Å². The normalized spacial score (nSPS) is 13.7. The minimum Gasteiger partial charge on any atom is -0.351 e. The number of nitrogens with two attached hydrogens (primary N) is 2. The number of nitrogens with one attached hydrogen (secondary N) is 1. The molecule has 0 aliphatic carbocycles. The van der Waals surface area contributed by atoms with E-state index in [1.54, 1.807) is 13.0 Å². The zero-order chi connectivity index (χ0) is 13.7. The summed E-state index contributed by atoms with van der Waals surface area (Å²) in [4.78, 5) is 22.1. The lowest BCUT2D eigenvalue weighted by Crippen LogP contribution is -2.92. The van der Waals surface area contributed by atoms with Crippen LogP contribution in [0.25, 0.3) is 0 Å². The molecule has 98 valence electrons. The highest BCUT2D eigenvalue weighted by Gasteiger charge is 2.21. The molecular weight excluding hydrogens is 254 g/mol. The second-order valence-corrected chi connectivity index (χ2v) is 4.61. The monoisotopic (exact) mass is 270 g/mol. The topological polar surface area (TPSA) is 88.8 Å². The van der Waals surface area contributed by atoms with Crippen molar-refractivity contribution >= 4 is 23.5 Å². The lowest BCUT2D eigenvalue weighted by atomic mass is 10.1. The van der Waals surface area contributed by atoms with Gasteiger partial charge in [-0.05, 0) is 26.0 Å². The molecule has 0 aliphatic heterocycles. The van der Waals surface area contributed by atoms with E-state index in [4.69, 9.17) is 17.3 Å². The van der Waals surface area contributed by atoms with Crippen LogP contribution in [-0.4, -0.2) is 18.0 Å². The van der Waals surface area contributed by atoms with Crippen molar-refractivity contribution in [2.75, 3.05) is 0 Å². The van der Waals surface area contributed by atoms with Gasteiger partial charge in [0.1, 0.15) is 6.04 Å². The number of benzene rings is 1. The lowest BCUT2D eigenvalue weighted by Gasteiger charge is -2.16. The standard InChI is InChI=1S/C12H16ClN3O2/c1-7(9-4-3-5-10(13)6-9)15-8(2)11(17)16-12(14)18/h3-8,15H,1-2H3,(H3,14,16,17,18)/p+1/t7-,8-/m0/s1. The molecule has 0 saturated carbocycles. The van der Waals surface area contributed by atoms with Gasteiger partial charge in [-0.3, -0.25) is 10.1 Å². The summed E-state index contributed by atoms with van der Waals surface area (Å²) in [6, 6.07) is 6.24. The molecular formula is C12H17ClN3O2+. The Labute approximate surface area is 111 Å². The van der Waals surface area contributed by atoms with Gasteiger partial charge in [-0.1, -0.05) is 23.7 Å². The van der Waals surface area contributed by atoms with Crippen LogP contribution in [0.4, 0.5) is 4.79 Å². The van der Waals surface area contributed by atoms with Crippen LogP contribution in [0, 0.1) is 0 Å². The van der Waals surface area contributed by atoms with Crippen molar-refractivity contribution in [2.24, 2.45) is 5.73 Å². The summed E-state index contributed by atoms with van der Waals surface area (Å²) in [5.74, 6) is -0.406. The summed E-state index contributed by atoms with van der Waals surface area (Å²) in [5, 5.41) is 4.55. The van der Waals surface area contributed by atoms with Gasteiger partial charge in [-0.15, -0.1) is 0 Å². The predicted molar refractivity (Wildman–Crippen MR) is 69.0 cm³/mol. The average molecular weight is 271 g/mol. The van der Waals surface area contributed by atoms with E-state index < -0.39 is 18.0 Å². The second kappa shape index (κ2) is 6.37. The first kappa shape index (κ1) is 14.5. The van der Waals surface area contributed by atoms with E-state index in [-0.39, 0.29) is 6.04 Å². The Kier molecular flexibility index (Phi) is 5.12. The van der Waals surface area contributed by atoms with Gasteiger partial charge in [0, 0.05) is 10.6 Å². The summed E-state index contributed by atoms with van der Waals surface area (Å²) in [6.45, 7) is 3.67. The van der Waals surface area contributed by atoms with E-state index in [9.17, 15) is 9.59 Å². The summed E-state index contributed by atoms with van der Waals surface area (Å²) in [5.41, 5.74) is 5.91. The van der Waals surface area contributed by atoms with Crippen molar-refractivity contribution in [2.45, 2.75) is 25.9 Å². The Morgan fingerprint density at radius 1 is 1.39 bits per heavy atom. The van der Waals surface area contributed by atoms with Crippen molar-refractivity contribution in [3.05, 3.63) is 34.9 Å². The highest BCUT2D eigenvalue weighted by molar-refractivity contribution is 6.30. The second-order valence-electron chi connectivity index (χ2n) is 4.18. The fraction of sp³-hybridized carbons (Fsp3) is 0.333.